The minimum atomic E-state index is -0.000683. The van der Waals surface area contributed by atoms with Crippen LogP contribution in [0.5, 0.6) is 0 Å². The van der Waals surface area contributed by atoms with Gasteiger partial charge in [0.15, 0.2) is 0 Å². The second-order valence-electron chi connectivity index (χ2n) is 3.86. The number of nitrogens with two attached hydrogens (primary N) is 1. The molecule has 15 heavy (non-hydrogen) atoms. The molecule has 1 atom stereocenters. The highest BCUT2D eigenvalue weighted by Gasteiger charge is 2.10. The number of nitrogens with zero attached hydrogens (tertiary/aromatic N) is 1. The van der Waals surface area contributed by atoms with Gasteiger partial charge in [-0.05, 0) is 19.9 Å². The first-order valence-electron chi connectivity index (χ1n) is 5.04. The molecule has 0 aliphatic heterocycles. The molecule has 1 unspecified atom stereocenters. The number of nitrogens with one attached hydrogen (secondary N) is 1. The van der Waals surface area contributed by atoms with Gasteiger partial charge in [0.1, 0.15) is 0 Å². The lowest BCUT2D eigenvalue weighted by atomic mass is 10.0. The van der Waals surface area contributed by atoms with E-state index in [0.717, 1.165) is 16.8 Å². The number of aromatic amines is 1. The summed E-state index contributed by atoms with van der Waals surface area (Å²) < 4.78 is 0. The Bertz CT molecular complexity index is 457. The van der Waals surface area contributed by atoms with Crippen LogP contribution >= 0.6 is 0 Å². The van der Waals surface area contributed by atoms with Crippen LogP contribution in [0.4, 0.5) is 0 Å². The van der Waals surface area contributed by atoms with Crippen LogP contribution in [0.2, 0.25) is 0 Å². The van der Waals surface area contributed by atoms with Gasteiger partial charge >= 0.3 is 0 Å². The third kappa shape index (κ3) is 1.92. The highest BCUT2D eigenvalue weighted by Crippen LogP contribution is 2.25. The number of H-pyrrole nitrogens is 1. The monoisotopic (exact) mass is 201 g/mol. The van der Waals surface area contributed by atoms with Crippen LogP contribution in [-0.2, 0) is 0 Å². The van der Waals surface area contributed by atoms with Gasteiger partial charge in [-0.1, -0.05) is 23.8 Å². The van der Waals surface area contributed by atoms with Gasteiger partial charge in [0.25, 0.3) is 0 Å². The molecule has 3 N–H and O–H groups in total. The van der Waals surface area contributed by atoms with E-state index in [1.807, 2.05) is 13.0 Å². The fourth-order valence-electron chi connectivity index (χ4n) is 1.67. The largest absolute Gasteiger partial charge is 0.324 e. The van der Waals surface area contributed by atoms with Crippen LogP contribution in [0.1, 0.15) is 24.1 Å². The number of hydrogen-bond donors (Lipinski definition) is 2. The zero-order valence-corrected chi connectivity index (χ0v) is 8.99. The van der Waals surface area contributed by atoms with Crippen molar-refractivity contribution in [2.24, 2.45) is 5.73 Å². The van der Waals surface area contributed by atoms with E-state index >= 15 is 0 Å². The highest BCUT2D eigenvalue weighted by molar-refractivity contribution is 5.63. The van der Waals surface area contributed by atoms with Crippen molar-refractivity contribution in [2.75, 3.05) is 0 Å². The zero-order chi connectivity index (χ0) is 10.8. The Morgan fingerprint density at radius 3 is 2.87 bits per heavy atom. The molecule has 0 aliphatic rings. The molecular weight excluding hydrogens is 186 g/mol. The normalized spacial score (nSPS) is 12.7. The van der Waals surface area contributed by atoms with Crippen molar-refractivity contribution in [1.29, 1.82) is 0 Å². The average Bonchev–Trinajstić information content (AvgIpc) is 2.65. The highest BCUT2D eigenvalue weighted by atomic mass is 15.1. The number of rotatable bonds is 2. The van der Waals surface area contributed by atoms with Gasteiger partial charge in [0, 0.05) is 17.2 Å². The summed E-state index contributed by atoms with van der Waals surface area (Å²) in [5, 5.41) is 7.05. The molecule has 0 radical (unpaired) electrons. The molecule has 0 spiro atoms. The van der Waals surface area contributed by atoms with Crippen molar-refractivity contribution in [3.8, 4) is 11.3 Å². The lowest BCUT2D eigenvalue weighted by Crippen LogP contribution is -2.05. The summed E-state index contributed by atoms with van der Waals surface area (Å²) in [5.74, 6) is 0. The predicted molar refractivity (Wildman–Crippen MR) is 61.4 cm³/mol. The SMILES string of the molecule is Cc1cccc(-c2[nH]ncc2C(C)N)c1. The maximum absolute atomic E-state index is 5.87. The van der Waals surface area contributed by atoms with E-state index in [1.54, 1.807) is 6.20 Å². The van der Waals surface area contributed by atoms with E-state index in [-0.39, 0.29) is 6.04 Å². The van der Waals surface area contributed by atoms with Gasteiger partial charge < -0.3 is 5.73 Å². The minimum Gasteiger partial charge on any atom is -0.324 e. The van der Waals surface area contributed by atoms with Crippen molar-refractivity contribution >= 4 is 0 Å². The van der Waals surface area contributed by atoms with Gasteiger partial charge in [0.05, 0.1) is 11.9 Å². The number of aryl methyl sites for hydroxylation is 1. The first kappa shape index (κ1) is 9.93. The van der Waals surface area contributed by atoms with E-state index in [1.165, 1.54) is 5.56 Å². The van der Waals surface area contributed by atoms with Gasteiger partial charge in [-0.2, -0.15) is 5.10 Å². The Morgan fingerprint density at radius 1 is 1.40 bits per heavy atom. The van der Waals surface area contributed by atoms with Gasteiger partial charge in [-0.25, -0.2) is 0 Å². The summed E-state index contributed by atoms with van der Waals surface area (Å²) in [7, 11) is 0. The maximum atomic E-state index is 5.87. The Balaban J connectivity index is 2.49. The van der Waals surface area contributed by atoms with Crippen LogP contribution < -0.4 is 5.73 Å². The molecule has 2 rings (SSSR count). The smallest absolute Gasteiger partial charge is 0.0697 e. The minimum absolute atomic E-state index is 0.000683. The quantitative estimate of drug-likeness (QED) is 0.784. The second-order valence-corrected chi connectivity index (χ2v) is 3.86. The Morgan fingerprint density at radius 2 is 2.20 bits per heavy atom. The number of benzene rings is 1. The van der Waals surface area contributed by atoms with Gasteiger partial charge in [0.2, 0.25) is 0 Å². The lowest BCUT2D eigenvalue weighted by Gasteiger charge is -2.06. The first-order chi connectivity index (χ1) is 7.18. The van der Waals surface area contributed by atoms with Crippen molar-refractivity contribution in [3.05, 3.63) is 41.6 Å². The van der Waals surface area contributed by atoms with Crippen molar-refractivity contribution in [2.45, 2.75) is 19.9 Å². The molecule has 0 saturated heterocycles. The van der Waals surface area contributed by atoms with Crippen molar-refractivity contribution in [1.82, 2.24) is 10.2 Å². The Kier molecular flexibility index (Phi) is 2.56. The molecule has 0 aliphatic carbocycles. The molecular formula is C12H15N3. The molecule has 78 valence electrons. The molecule has 1 aromatic heterocycles. The van der Waals surface area contributed by atoms with Crippen LogP contribution in [0.3, 0.4) is 0 Å². The summed E-state index contributed by atoms with van der Waals surface area (Å²) in [6.45, 7) is 4.04. The molecule has 2 aromatic rings. The number of aromatic nitrogens is 2. The van der Waals surface area contributed by atoms with Crippen LogP contribution in [0, 0.1) is 6.92 Å². The molecule has 1 aromatic carbocycles. The molecule has 1 heterocycles. The lowest BCUT2D eigenvalue weighted by molar-refractivity contribution is 0.821. The van der Waals surface area contributed by atoms with E-state index in [4.69, 9.17) is 5.73 Å². The predicted octanol–water partition coefficient (Wildman–Crippen LogP) is 2.40. The van der Waals surface area contributed by atoms with Crippen LogP contribution in [0.15, 0.2) is 30.5 Å². The third-order valence-electron chi connectivity index (χ3n) is 2.47. The summed E-state index contributed by atoms with van der Waals surface area (Å²) in [6, 6.07) is 8.30. The molecule has 3 nitrogen and oxygen atoms in total. The van der Waals surface area contributed by atoms with E-state index in [2.05, 4.69) is 35.3 Å². The molecule has 0 saturated carbocycles. The maximum Gasteiger partial charge on any atom is 0.0697 e. The Labute approximate surface area is 89.3 Å². The molecule has 0 fully saturated rings. The summed E-state index contributed by atoms with van der Waals surface area (Å²) in [4.78, 5) is 0. The fourth-order valence-corrected chi connectivity index (χ4v) is 1.67. The standard InChI is InChI=1S/C12H15N3/c1-8-4-3-5-10(6-8)12-11(9(2)13)7-14-15-12/h3-7,9H,13H2,1-2H3,(H,14,15). The molecule has 0 bridgehead atoms. The van der Waals surface area contributed by atoms with Gasteiger partial charge in [-0.3, -0.25) is 5.10 Å². The fraction of sp³-hybridized carbons (Fsp3) is 0.250. The van der Waals surface area contributed by atoms with Crippen LogP contribution in [-0.4, -0.2) is 10.2 Å². The van der Waals surface area contributed by atoms with E-state index in [0.29, 0.717) is 0 Å². The van der Waals surface area contributed by atoms with Gasteiger partial charge in [-0.15, -0.1) is 0 Å². The van der Waals surface area contributed by atoms with Crippen LogP contribution in [0.25, 0.3) is 11.3 Å². The van der Waals surface area contributed by atoms with Crippen molar-refractivity contribution < 1.29 is 0 Å². The van der Waals surface area contributed by atoms with E-state index in [9.17, 15) is 0 Å². The van der Waals surface area contributed by atoms with Crippen molar-refractivity contribution in [3.63, 3.8) is 0 Å². The summed E-state index contributed by atoms with van der Waals surface area (Å²) in [6.07, 6.45) is 1.79. The average molecular weight is 201 g/mol. The summed E-state index contributed by atoms with van der Waals surface area (Å²) in [5.41, 5.74) is 10.3. The molecule has 0 amide bonds. The second kappa shape index (κ2) is 3.87. The topological polar surface area (TPSA) is 54.7 Å². The summed E-state index contributed by atoms with van der Waals surface area (Å²) >= 11 is 0. The van der Waals surface area contributed by atoms with E-state index < -0.39 is 0 Å². The first-order valence-corrected chi connectivity index (χ1v) is 5.04. The Hall–Kier alpha value is -1.61. The number of hydrogen-bond acceptors (Lipinski definition) is 2. The molecule has 3 heteroatoms. The third-order valence-corrected chi connectivity index (χ3v) is 2.47. The zero-order valence-electron chi connectivity index (χ0n) is 8.99.